The number of hydrogen-bond acceptors (Lipinski definition) is 2. The Morgan fingerprint density at radius 1 is 1.25 bits per heavy atom. The number of aryl methyl sites for hydroxylation is 1. The lowest BCUT2D eigenvalue weighted by Gasteiger charge is -2.30. The summed E-state index contributed by atoms with van der Waals surface area (Å²) in [5, 5.41) is 2.71. The van der Waals surface area contributed by atoms with Crippen molar-refractivity contribution in [2.45, 2.75) is 26.2 Å². The molecule has 3 nitrogen and oxygen atoms in total. The van der Waals surface area contributed by atoms with Crippen molar-refractivity contribution in [2.75, 3.05) is 23.3 Å². The molecule has 1 fully saturated rings. The summed E-state index contributed by atoms with van der Waals surface area (Å²) in [6.07, 6.45) is 4.60. The summed E-state index contributed by atoms with van der Waals surface area (Å²) in [4.78, 5) is 12.8. The van der Waals surface area contributed by atoms with Gasteiger partial charge in [-0.25, -0.2) is 0 Å². The molecule has 0 radical (unpaired) electrons. The second kappa shape index (κ2) is 5.01. The lowest BCUT2D eigenvalue weighted by atomic mass is 10.1. The number of anilines is 2. The van der Waals surface area contributed by atoms with Gasteiger partial charge in [0.25, 0.3) is 0 Å². The first-order valence-electron chi connectivity index (χ1n) is 5.87. The van der Waals surface area contributed by atoms with E-state index < -0.39 is 0 Å². The Morgan fingerprint density at radius 3 is 2.69 bits per heavy atom. The van der Waals surface area contributed by atoms with Gasteiger partial charge in [0, 0.05) is 24.5 Å². The quantitative estimate of drug-likeness (QED) is 0.791. The third-order valence-corrected chi connectivity index (χ3v) is 3.13. The topological polar surface area (TPSA) is 32.3 Å². The Kier molecular flexibility index (Phi) is 3.44. The van der Waals surface area contributed by atoms with Crippen LogP contribution in [0.25, 0.3) is 0 Å². The van der Waals surface area contributed by atoms with E-state index in [2.05, 4.69) is 29.3 Å². The van der Waals surface area contributed by atoms with Crippen LogP contribution in [0, 0.1) is 6.92 Å². The van der Waals surface area contributed by atoms with Crippen LogP contribution in [0.15, 0.2) is 18.2 Å². The highest BCUT2D eigenvalue weighted by Crippen LogP contribution is 2.26. The number of hydrogen-bond donors (Lipinski definition) is 1. The number of piperidine rings is 1. The van der Waals surface area contributed by atoms with Gasteiger partial charge in [-0.05, 0) is 43.9 Å². The minimum Gasteiger partial charge on any atom is -0.371 e. The molecule has 1 heterocycles. The molecular weight excluding hydrogens is 200 g/mol. The maximum atomic E-state index is 10.4. The van der Waals surface area contributed by atoms with Gasteiger partial charge < -0.3 is 10.2 Å². The molecule has 0 saturated carbocycles. The molecule has 2 rings (SSSR count). The van der Waals surface area contributed by atoms with Crippen LogP contribution in [-0.2, 0) is 4.79 Å². The molecule has 0 spiro atoms. The normalized spacial score (nSPS) is 15.9. The van der Waals surface area contributed by atoms with E-state index in [0.29, 0.717) is 0 Å². The SMILES string of the molecule is Cc1ccc(NC=O)cc1N1CCCCC1. The van der Waals surface area contributed by atoms with E-state index in [9.17, 15) is 4.79 Å². The molecule has 3 heteroatoms. The number of nitrogens with zero attached hydrogens (tertiary/aromatic N) is 1. The highest BCUT2D eigenvalue weighted by atomic mass is 16.1. The van der Waals surface area contributed by atoms with Gasteiger partial charge in [-0.15, -0.1) is 0 Å². The van der Waals surface area contributed by atoms with Gasteiger partial charge in [0.2, 0.25) is 6.41 Å². The van der Waals surface area contributed by atoms with Crippen molar-refractivity contribution >= 4 is 17.8 Å². The zero-order valence-corrected chi connectivity index (χ0v) is 9.70. The molecule has 86 valence electrons. The highest BCUT2D eigenvalue weighted by Gasteiger charge is 2.13. The van der Waals surface area contributed by atoms with Crippen molar-refractivity contribution in [3.05, 3.63) is 23.8 Å². The monoisotopic (exact) mass is 218 g/mol. The third kappa shape index (κ3) is 2.35. The Labute approximate surface area is 96.5 Å². The summed E-state index contributed by atoms with van der Waals surface area (Å²) < 4.78 is 0. The molecule has 1 amide bonds. The van der Waals surface area contributed by atoms with Crippen LogP contribution >= 0.6 is 0 Å². The highest BCUT2D eigenvalue weighted by molar-refractivity contribution is 5.74. The summed E-state index contributed by atoms with van der Waals surface area (Å²) in [7, 11) is 0. The molecule has 0 aromatic heterocycles. The molecule has 1 saturated heterocycles. The van der Waals surface area contributed by atoms with Crippen molar-refractivity contribution in [3.8, 4) is 0 Å². The Hall–Kier alpha value is -1.51. The van der Waals surface area contributed by atoms with E-state index in [-0.39, 0.29) is 0 Å². The number of amides is 1. The van der Waals surface area contributed by atoms with Crippen LogP contribution in [0.4, 0.5) is 11.4 Å². The lowest BCUT2D eigenvalue weighted by Crippen LogP contribution is -2.29. The van der Waals surface area contributed by atoms with Crippen molar-refractivity contribution in [3.63, 3.8) is 0 Å². The van der Waals surface area contributed by atoms with Gasteiger partial charge in [-0.3, -0.25) is 4.79 Å². The molecule has 1 aliphatic rings. The molecule has 1 N–H and O–H groups in total. The van der Waals surface area contributed by atoms with Crippen LogP contribution < -0.4 is 10.2 Å². The van der Waals surface area contributed by atoms with E-state index in [0.717, 1.165) is 25.2 Å². The minimum absolute atomic E-state index is 0.727. The Morgan fingerprint density at radius 2 is 2.00 bits per heavy atom. The molecule has 0 unspecified atom stereocenters. The maximum Gasteiger partial charge on any atom is 0.211 e. The average molecular weight is 218 g/mol. The van der Waals surface area contributed by atoms with Gasteiger partial charge in [-0.1, -0.05) is 6.07 Å². The average Bonchev–Trinajstić information content (AvgIpc) is 2.33. The van der Waals surface area contributed by atoms with E-state index in [4.69, 9.17) is 0 Å². The Balaban J connectivity index is 2.23. The van der Waals surface area contributed by atoms with Crippen LogP contribution in [0.1, 0.15) is 24.8 Å². The largest absolute Gasteiger partial charge is 0.371 e. The van der Waals surface area contributed by atoms with E-state index in [1.54, 1.807) is 0 Å². The predicted octanol–water partition coefficient (Wildman–Crippen LogP) is 2.55. The molecule has 0 atom stereocenters. The van der Waals surface area contributed by atoms with Crippen LogP contribution in [0.3, 0.4) is 0 Å². The van der Waals surface area contributed by atoms with Crippen LogP contribution in [0.5, 0.6) is 0 Å². The zero-order chi connectivity index (χ0) is 11.4. The summed E-state index contributed by atoms with van der Waals surface area (Å²) in [6.45, 7) is 4.38. The first-order chi connectivity index (χ1) is 7.81. The van der Waals surface area contributed by atoms with E-state index in [1.807, 2.05) is 6.07 Å². The molecule has 1 aromatic rings. The smallest absolute Gasteiger partial charge is 0.211 e. The fourth-order valence-electron chi connectivity index (χ4n) is 2.24. The van der Waals surface area contributed by atoms with Gasteiger partial charge in [0.15, 0.2) is 0 Å². The van der Waals surface area contributed by atoms with Crippen molar-refractivity contribution in [1.82, 2.24) is 0 Å². The molecule has 1 aromatic carbocycles. The van der Waals surface area contributed by atoms with Crippen LogP contribution in [-0.4, -0.2) is 19.5 Å². The molecule has 16 heavy (non-hydrogen) atoms. The van der Waals surface area contributed by atoms with Gasteiger partial charge in [-0.2, -0.15) is 0 Å². The molecular formula is C13H18N2O. The van der Waals surface area contributed by atoms with E-state index >= 15 is 0 Å². The molecule has 0 aliphatic carbocycles. The van der Waals surface area contributed by atoms with Crippen molar-refractivity contribution in [2.24, 2.45) is 0 Å². The Bertz CT molecular complexity index is 370. The second-order valence-electron chi connectivity index (χ2n) is 4.31. The molecule has 0 bridgehead atoms. The fraction of sp³-hybridized carbons (Fsp3) is 0.462. The van der Waals surface area contributed by atoms with Gasteiger partial charge in [0.05, 0.1) is 0 Å². The molecule has 1 aliphatic heterocycles. The van der Waals surface area contributed by atoms with Crippen LogP contribution in [0.2, 0.25) is 0 Å². The summed E-state index contributed by atoms with van der Waals surface area (Å²) >= 11 is 0. The first-order valence-corrected chi connectivity index (χ1v) is 5.87. The third-order valence-electron chi connectivity index (χ3n) is 3.13. The number of carbonyl (C=O) groups excluding carboxylic acids is 1. The van der Waals surface area contributed by atoms with Gasteiger partial charge in [0.1, 0.15) is 0 Å². The summed E-state index contributed by atoms with van der Waals surface area (Å²) in [5.74, 6) is 0. The predicted molar refractivity (Wildman–Crippen MR) is 66.9 cm³/mol. The summed E-state index contributed by atoms with van der Waals surface area (Å²) in [6, 6.07) is 6.07. The maximum absolute atomic E-state index is 10.4. The number of rotatable bonds is 3. The number of nitrogens with one attached hydrogen (secondary N) is 1. The van der Waals surface area contributed by atoms with Crippen molar-refractivity contribution < 1.29 is 4.79 Å². The minimum atomic E-state index is 0.727. The van der Waals surface area contributed by atoms with Gasteiger partial charge >= 0.3 is 0 Å². The standard InChI is InChI=1S/C13H18N2O/c1-11-5-6-12(14-10-16)9-13(11)15-7-3-2-4-8-15/h5-6,9-10H,2-4,7-8H2,1H3,(H,14,16). The number of carbonyl (C=O) groups is 1. The lowest BCUT2D eigenvalue weighted by molar-refractivity contribution is -0.105. The zero-order valence-electron chi connectivity index (χ0n) is 9.70. The van der Waals surface area contributed by atoms with Crippen molar-refractivity contribution in [1.29, 1.82) is 0 Å². The first kappa shape index (κ1) is 11.0. The summed E-state index contributed by atoms with van der Waals surface area (Å²) in [5.41, 5.74) is 3.41. The van der Waals surface area contributed by atoms with E-state index in [1.165, 1.54) is 30.5 Å². The number of benzene rings is 1. The fourth-order valence-corrected chi connectivity index (χ4v) is 2.24. The second-order valence-corrected chi connectivity index (χ2v) is 4.31.